The molecule has 1 fully saturated rings. The third-order valence-electron chi connectivity index (χ3n) is 2.54. The van der Waals surface area contributed by atoms with Crippen LogP contribution in [-0.2, 0) is 14.3 Å². The first-order valence-electron chi connectivity index (χ1n) is 5.36. The number of nitrogens with zero attached hydrogens (tertiary/aromatic N) is 1. The Morgan fingerprint density at radius 1 is 1.50 bits per heavy atom. The summed E-state index contributed by atoms with van der Waals surface area (Å²) in [6, 6.07) is -0.0391. The molecule has 0 spiro atoms. The van der Waals surface area contributed by atoms with Crippen LogP contribution < -0.4 is 0 Å². The van der Waals surface area contributed by atoms with Crippen LogP contribution in [0.15, 0.2) is 25.3 Å². The maximum atomic E-state index is 11.5. The van der Waals surface area contributed by atoms with E-state index in [9.17, 15) is 9.59 Å². The molecule has 1 amide bonds. The van der Waals surface area contributed by atoms with Gasteiger partial charge < -0.3 is 9.64 Å². The summed E-state index contributed by atoms with van der Waals surface area (Å²) in [4.78, 5) is 24.5. The van der Waals surface area contributed by atoms with Crippen LogP contribution in [0.25, 0.3) is 0 Å². The molecule has 0 aliphatic carbocycles. The standard InChI is InChI=1S/C12H17NO3/c1-3-7-13-10(5-6-11(13)14)9-12(15)16-8-4-2/h3-4,10H,1-2,5-9H2. The van der Waals surface area contributed by atoms with Crippen LogP contribution in [0.2, 0.25) is 0 Å². The van der Waals surface area contributed by atoms with Crippen LogP contribution in [0, 0.1) is 0 Å². The molecule has 4 nitrogen and oxygen atoms in total. The van der Waals surface area contributed by atoms with Gasteiger partial charge in [0.2, 0.25) is 5.91 Å². The predicted octanol–water partition coefficient (Wildman–Crippen LogP) is 1.28. The van der Waals surface area contributed by atoms with Crippen molar-refractivity contribution in [2.45, 2.75) is 25.3 Å². The molecule has 88 valence electrons. The van der Waals surface area contributed by atoms with Crippen molar-refractivity contribution in [3.05, 3.63) is 25.3 Å². The molecule has 0 radical (unpaired) electrons. The average molecular weight is 223 g/mol. The van der Waals surface area contributed by atoms with Crippen LogP contribution in [0.3, 0.4) is 0 Å². The summed E-state index contributed by atoms with van der Waals surface area (Å²) in [5.74, 6) is -0.199. The van der Waals surface area contributed by atoms with Gasteiger partial charge in [0.15, 0.2) is 0 Å². The smallest absolute Gasteiger partial charge is 0.308 e. The predicted molar refractivity (Wildman–Crippen MR) is 60.7 cm³/mol. The van der Waals surface area contributed by atoms with Crippen molar-refractivity contribution in [2.24, 2.45) is 0 Å². The number of esters is 1. The fourth-order valence-corrected chi connectivity index (χ4v) is 1.80. The van der Waals surface area contributed by atoms with E-state index in [4.69, 9.17) is 4.74 Å². The number of hydrogen-bond donors (Lipinski definition) is 0. The lowest BCUT2D eigenvalue weighted by atomic mass is 10.1. The zero-order valence-corrected chi connectivity index (χ0v) is 9.35. The quantitative estimate of drug-likeness (QED) is 0.503. The normalized spacial score (nSPS) is 19.6. The molecule has 4 heteroatoms. The average Bonchev–Trinajstić information content (AvgIpc) is 2.59. The second-order valence-electron chi connectivity index (χ2n) is 3.70. The lowest BCUT2D eigenvalue weighted by molar-refractivity contribution is -0.144. The van der Waals surface area contributed by atoms with Crippen LogP contribution in [0.5, 0.6) is 0 Å². The third kappa shape index (κ3) is 3.22. The summed E-state index contributed by atoms with van der Waals surface area (Å²) in [6.07, 6.45) is 4.68. The van der Waals surface area contributed by atoms with E-state index >= 15 is 0 Å². The monoisotopic (exact) mass is 223 g/mol. The molecule has 1 heterocycles. The van der Waals surface area contributed by atoms with Crippen molar-refractivity contribution < 1.29 is 14.3 Å². The second-order valence-corrected chi connectivity index (χ2v) is 3.70. The van der Waals surface area contributed by atoms with E-state index in [1.165, 1.54) is 6.08 Å². The maximum absolute atomic E-state index is 11.5. The zero-order valence-electron chi connectivity index (χ0n) is 9.35. The second kappa shape index (κ2) is 6.10. The largest absolute Gasteiger partial charge is 0.461 e. The maximum Gasteiger partial charge on any atom is 0.308 e. The van der Waals surface area contributed by atoms with Crippen molar-refractivity contribution in [3.63, 3.8) is 0 Å². The molecule has 1 aliphatic heterocycles. The Labute approximate surface area is 95.6 Å². The summed E-state index contributed by atoms with van der Waals surface area (Å²) in [5.41, 5.74) is 0. The molecule has 0 aromatic carbocycles. The van der Waals surface area contributed by atoms with Gasteiger partial charge in [0.05, 0.1) is 6.42 Å². The van der Waals surface area contributed by atoms with E-state index in [-0.39, 0.29) is 30.9 Å². The molecule has 1 atom stereocenters. The third-order valence-corrected chi connectivity index (χ3v) is 2.54. The Hall–Kier alpha value is -1.58. The summed E-state index contributed by atoms with van der Waals surface area (Å²) in [6.45, 7) is 7.79. The number of amides is 1. The molecule has 0 aromatic rings. The van der Waals surface area contributed by atoms with E-state index in [1.807, 2.05) is 0 Å². The van der Waals surface area contributed by atoms with E-state index < -0.39 is 0 Å². The van der Waals surface area contributed by atoms with Crippen LogP contribution in [0.1, 0.15) is 19.3 Å². The highest BCUT2D eigenvalue weighted by Gasteiger charge is 2.31. The van der Waals surface area contributed by atoms with Gasteiger partial charge in [0.1, 0.15) is 6.61 Å². The van der Waals surface area contributed by atoms with Crippen molar-refractivity contribution in [1.82, 2.24) is 4.90 Å². The fraction of sp³-hybridized carbons (Fsp3) is 0.500. The highest BCUT2D eigenvalue weighted by atomic mass is 16.5. The van der Waals surface area contributed by atoms with Gasteiger partial charge in [-0.1, -0.05) is 18.7 Å². The van der Waals surface area contributed by atoms with Gasteiger partial charge in [0.25, 0.3) is 0 Å². The minimum atomic E-state index is -0.284. The Kier molecular flexibility index (Phi) is 4.76. The Morgan fingerprint density at radius 3 is 2.88 bits per heavy atom. The molecule has 1 rings (SSSR count). The van der Waals surface area contributed by atoms with Gasteiger partial charge in [-0.2, -0.15) is 0 Å². The van der Waals surface area contributed by atoms with Crippen molar-refractivity contribution in [1.29, 1.82) is 0 Å². The molecule has 0 saturated carbocycles. The van der Waals surface area contributed by atoms with Crippen molar-refractivity contribution in [2.75, 3.05) is 13.2 Å². The Morgan fingerprint density at radius 2 is 2.25 bits per heavy atom. The Bertz CT molecular complexity index is 299. The van der Waals surface area contributed by atoms with Crippen LogP contribution in [0.4, 0.5) is 0 Å². The number of carbonyl (C=O) groups is 2. The fourth-order valence-electron chi connectivity index (χ4n) is 1.80. The van der Waals surface area contributed by atoms with Gasteiger partial charge in [-0.25, -0.2) is 0 Å². The lowest BCUT2D eigenvalue weighted by Crippen LogP contribution is -2.34. The van der Waals surface area contributed by atoms with Gasteiger partial charge in [-0.15, -0.1) is 6.58 Å². The number of hydrogen-bond acceptors (Lipinski definition) is 3. The zero-order chi connectivity index (χ0) is 12.0. The lowest BCUT2D eigenvalue weighted by Gasteiger charge is -2.22. The first-order chi connectivity index (χ1) is 7.69. The van der Waals surface area contributed by atoms with Gasteiger partial charge in [-0.3, -0.25) is 9.59 Å². The molecular formula is C12H17NO3. The van der Waals surface area contributed by atoms with Gasteiger partial charge in [0, 0.05) is 19.0 Å². The number of carbonyl (C=O) groups excluding carboxylic acids is 2. The van der Waals surface area contributed by atoms with Crippen molar-refractivity contribution >= 4 is 11.9 Å². The Balaban J connectivity index is 2.46. The topological polar surface area (TPSA) is 46.6 Å². The molecule has 0 bridgehead atoms. The summed E-state index contributed by atoms with van der Waals surface area (Å²) < 4.78 is 4.89. The first-order valence-corrected chi connectivity index (χ1v) is 5.36. The highest BCUT2D eigenvalue weighted by molar-refractivity contribution is 5.80. The number of likely N-dealkylation sites (tertiary alicyclic amines) is 1. The van der Waals surface area contributed by atoms with E-state index in [2.05, 4.69) is 13.2 Å². The minimum Gasteiger partial charge on any atom is -0.461 e. The first kappa shape index (κ1) is 12.5. The number of ether oxygens (including phenoxy) is 1. The summed E-state index contributed by atoms with van der Waals surface area (Å²) in [7, 11) is 0. The van der Waals surface area contributed by atoms with E-state index in [0.29, 0.717) is 13.0 Å². The molecule has 0 N–H and O–H groups in total. The molecular weight excluding hydrogens is 206 g/mol. The molecule has 1 unspecified atom stereocenters. The molecule has 1 aliphatic rings. The minimum absolute atomic E-state index is 0.0391. The molecule has 0 aromatic heterocycles. The van der Waals surface area contributed by atoms with Crippen molar-refractivity contribution in [3.8, 4) is 0 Å². The van der Waals surface area contributed by atoms with Crippen LogP contribution in [-0.4, -0.2) is 36.0 Å². The summed E-state index contributed by atoms with van der Waals surface area (Å²) in [5, 5.41) is 0. The highest BCUT2D eigenvalue weighted by Crippen LogP contribution is 2.21. The molecule has 1 saturated heterocycles. The van der Waals surface area contributed by atoms with Gasteiger partial charge in [-0.05, 0) is 6.42 Å². The summed E-state index contributed by atoms with van der Waals surface area (Å²) >= 11 is 0. The SMILES string of the molecule is C=CCOC(=O)CC1CCC(=O)N1CC=C. The van der Waals surface area contributed by atoms with Gasteiger partial charge >= 0.3 is 5.97 Å². The van der Waals surface area contributed by atoms with E-state index in [1.54, 1.807) is 11.0 Å². The number of rotatable bonds is 6. The van der Waals surface area contributed by atoms with Crippen LogP contribution >= 0.6 is 0 Å². The van der Waals surface area contributed by atoms with E-state index in [0.717, 1.165) is 6.42 Å². The molecule has 16 heavy (non-hydrogen) atoms.